The highest BCUT2D eigenvalue weighted by atomic mass is 35.5. The number of hydrogen-bond acceptors (Lipinski definition) is 0. The van der Waals surface area contributed by atoms with E-state index in [0.717, 1.165) is 26.7 Å². The Labute approximate surface area is 99.5 Å². The van der Waals surface area contributed by atoms with Gasteiger partial charge in [0.05, 0.1) is 0 Å². The summed E-state index contributed by atoms with van der Waals surface area (Å²) in [5.41, 5.74) is 3.20. The van der Waals surface area contributed by atoms with Crippen LogP contribution >= 0.6 is 23.2 Å². The second kappa shape index (κ2) is 4.26. The molecule has 0 bridgehead atoms. The Morgan fingerprint density at radius 1 is 0.867 bits per heavy atom. The number of halogens is 2. The minimum absolute atomic E-state index is 0.763. The molecule has 0 aromatic heterocycles. The van der Waals surface area contributed by atoms with Gasteiger partial charge in [-0.05, 0) is 36.2 Å². The molecule has 2 aromatic carbocycles. The first kappa shape index (κ1) is 10.5. The molecule has 2 rings (SSSR count). The van der Waals surface area contributed by atoms with Crippen LogP contribution in [0.5, 0.6) is 0 Å². The molecule has 2 heteroatoms. The van der Waals surface area contributed by atoms with E-state index in [1.807, 2.05) is 49.4 Å². The van der Waals surface area contributed by atoms with Crippen molar-refractivity contribution in [3.05, 3.63) is 58.1 Å². The standard InChI is InChI=1S/C13H10Cl2/c1-9-8-10(6-7-12(9)14)11-4-2-3-5-13(11)15/h2-8H,1H3. The van der Waals surface area contributed by atoms with Crippen LogP contribution in [0.2, 0.25) is 10.0 Å². The van der Waals surface area contributed by atoms with Crippen LogP contribution in [-0.4, -0.2) is 0 Å². The average molecular weight is 237 g/mol. The van der Waals surface area contributed by atoms with Crippen molar-refractivity contribution >= 4 is 23.2 Å². The lowest BCUT2D eigenvalue weighted by molar-refractivity contribution is 1.46. The van der Waals surface area contributed by atoms with Crippen molar-refractivity contribution in [3.63, 3.8) is 0 Å². The quantitative estimate of drug-likeness (QED) is 0.656. The van der Waals surface area contributed by atoms with Crippen LogP contribution in [0.15, 0.2) is 42.5 Å². The van der Waals surface area contributed by atoms with E-state index in [1.54, 1.807) is 0 Å². The maximum Gasteiger partial charge on any atom is 0.0484 e. The summed E-state index contributed by atoms with van der Waals surface area (Å²) < 4.78 is 0. The fourth-order valence-electron chi connectivity index (χ4n) is 1.51. The Bertz CT molecular complexity index is 490. The van der Waals surface area contributed by atoms with Crippen LogP contribution in [0.25, 0.3) is 11.1 Å². The average Bonchev–Trinajstić information content (AvgIpc) is 2.23. The molecule has 0 aliphatic rings. The molecular formula is C13H10Cl2. The Morgan fingerprint density at radius 2 is 1.60 bits per heavy atom. The van der Waals surface area contributed by atoms with Gasteiger partial charge in [0.15, 0.2) is 0 Å². The van der Waals surface area contributed by atoms with Gasteiger partial charge < -0.3 is 0 Å². The maximum atomic E-state index is 6.12. The fourth-order valence-corrected chi connectivity index (χ4v) is 1.87. The van der Waals surface area contributed by atoms with Crippen LogP contribution < -0.4 is 0 Å². The van der Waals surface area contributed by atoms with Crippen LogP contribution in [0.4, 0.5) is 0 Å². The van der Waals surface area contributed by atoms with E-state index >= 15 is 0 Å². The Kier molecular flexibility index (Phi) is 2.99. The Balaban J connectivity index is 2.55. The second-order valence-corrected chi connectivity index (χ2v) is 4.26. The van der Waals surface area contributed by atoms with Crippen LogP contribution in [0.3, 0.4) is 0 Å². The highest BCUT2D eigenvalue weighted by molar-refractivity contribution is 6.33. The fraction of sp³-hybridized carbons (Fsp3) is 0.0769. The van der Waals surface area contributed by atoms with Gasteiger partial charge in [-0.2, -0.15) is 0 Å². The third kappa shape index (κ3) is 2.17. The molecule has 15 heavy (non-hydrogen) atoms. The summed E-state index contributed by atoms with van der Waals surface area (Å²) in [6.45, 7) is 1.99. The minimum atomic E-state index is 0.763. The van der Waals surface area contributed by atoms with Gasteiger partial charge in [0.2, 0.25) is 0 Å². The summed E-state index contributed by atoms with van der Waals surface area (Å²) in [6, 6.07) is 13.7. The predicted octanol–water partition coefficient (Wildman–Crippen LogP) is 4.97. The van der Waals surface area contributed by atoms with Crippen LogP contribution in [-0.2, 0) is 0 Å². The Morgan fingerprint density at radius 3 is 2.27 bits per heavy atom. The zero-order chi connectivity index (χ0) is 10.8. The van der Waals surface area contributed by atoms with Gasteiger partial charge in [-0.1, -0.05) is 47.5 Å². The molecule has 0 saturated heterocycles. The molecule has 0 spiro atoms. The van der Waals surface area contributed by atoms with Gasteiger partial charge in [-0.25, -0.2) is 0 Å². The molecule has 0 atom stereocenters. The minimum Gasteiger partial charge on any atom is -0.0841 e. The molecule has 0 aliphatic carbocycles. The van der Waals surface area contributed by atoms with Crippen molar-refractivity contribution in [2.24, 2.45) is 0 Å². The molecule has 0 amide bonds. The monoisotopic (exact) mass is 236 g/mol. The molecule has 0 saturated carbocycles. The van der Waals surface area contributed by atoms with Crippen molar-refractivity contribution < 1.29 is 0 Å². The molecule has 0 radical (unpaired) electrons. The summed E-state index contributed by atoms with van der Waals surface area (Å²) in [4.78, 5) is 0. The number of rotatable bonds is 1. The van der Waals surface area contributed by atoms with Gasteiger partial charge in [-0.15, -0.1) is 0 Å². The Hall–Kier alpha value is -0.980. The summed E-state index contributed by atoms with van der Waals surface area (Å²) in [6.07, 6.45) is 0. The highest BCUT2D eigenvalue weighted by Gasteiger charge is 2.03. The summed E-state index contributed by atoms with van der Waals surface area (Å²) >= 11 is 12.1. The third-order valence-corrected chi connectivity index (χ3v) is 3.10. The maximum absolute atomic E-state index is 6.12. The zero-order valence-corrected chi connectivity index (χ0v) is 9.81. The first-order valence-corrected chi connectivity index (χ1v) is 5.45. The van der Waals surface area contributed by atoms with Crippen LogP contribution in [0, 0.1) is 6.92 Å². The van der Waals surface area contributed by atoms with Crippen molar-refractivity contribution in [2.45, 2.75) is 6.92 Å². The van der Waals surface area contributed by atoms with Crippen molar-refractivity contribution in [2.75, 3.05) is 0 Å². The zero-order valence-electron chi connectivity index (χ0n) is 8.30. The van der Waals surface area contributed by atoms with Crippen LogP contribution in [0.1, 0.15) is 5.56 Å². The topological polar surface area (TPSA) is 0 Å². The van der Waals surface area contributed by atoms with Crippen molar-refractivity contribution in [1.82, 2.24) is 0 Å². The SMILES string of the molecule is Cc1cc(-c2ccccc2Cl)ccc1Cl. The van der Waals surface area contributed by atoms with E-state index in [2.05, 4.69) is 0 Å². The number of benzene rings is 2. The smallest absolute Gasteiger partial charge is 0.0484 e. The normalized spacial score (nSPS) is 10.3. The number of aryl methyl sites for hydroxylation is 1. The lowest BCUT2D eigenvalue weighted by Crippen LogP contribution is -1.81. The van der Waals surface area contributed by atoms with Gasteiger partial charge in [0.1, 0.15) is 0 Å². The lowest BCUT2D eigenvalue weighted by Gasteiger charge is -2.06. The van der Waals surface area contributed by atoms with E-state index in [9.17, 15) is 0 Å². The van der Waals surface area contributed by atoms with Gasteiger partial charge in [0, 0.05) is 15.6 Å². The largest absolute Gasteiger partial charge is 0.0841 e. The summed E-state index contributed by atoms with van der Waals surface area (Å²) in [7, 11) is 0. The summed E-state index contributed by atoms with van der Waals surface area (Å²) in [5, 5.41) is 1.55. The molecule has 0 fully saturated rings. The van der Waals surface area contributed by atoms with Gasteiger partial charge in [0.25, 0.3) is 0 Å². The van der Waals surface area contributed by atoms with Gasteiger partial charge >= 0.3 is 0 Å². The molecule has 76 valence electrons. The van der Waals surface area contributed by atoms with E-state index in [0.29, 0.717) is 0 Å². The highest BCUT2D eigenvalue weighted by Crippen LogP contribution is 2.29. The first-order chi connectivity index (χ1) is 7.18. The molecule has 0 aliphatic heterocycles. The second-order valence-electron chi connectivity index (χ2n) is 3.44. The molecule has 0 heterocycles. The first-order valence-electron chi connectivity index (χ1n) is 4.69. The van der Waals surface area contributed by atoms with Crippen molar-refractivity contribution in [3.8, 4) is 11.1 Å². The molecular weight excluding hydrogens is 227 g/mol. The molecule has 2 aromatic rings. The summed E-state index contributed by atoms with van der Waals surface area (Å²) in [5.74, 6) is 0. The van der Waals surface area contributed by atoms with E-state index in [1.165, 1.54) is 0 Å². The molecule has 0 unspecified atom stereocenters. The lowest BCUT2D eigenvalue weighted by atomic mass is 10.0. The molecule has 0 nitrogen and oxygen atoms in total. The third-order valence-electron chi connectivity index (χ3n) is 2.34. The van der Waals surface area contributed by atoms with E-state index in [-0.39, 0.29) is 0 Å². The van der Waals surface area contributed by atoms with Gasteiger partial charge in [-0.3, -0.25) is 0 Å². The van der Waals surface area contributed by atoms with E-state index < -0.39 is 0 Å². The molecule has 0 N–H and O–H groups in total. The number of hydrogen-bond donors (Lipinski definition) is 0. The van der Waals surface area contributed by atoms with E-state index in [4.69, 9.17) is 23.2 Å². The van der Waals surface area contributed by atoms with Crippen molar-refractivity contribution in [1.29, 1.82) is 0 Å². The predicted molar refractivity (Wildman–Crippen MR) is 66.6 cm³/mol.